The quantitative estimate of drug-likeness (QED) is 0.0329. The lowest BCUT2D eigenvalue weighted by atomic mass is 9.85. The number of phenols is 2. The van der Waals surface area contributed by atoms with Gasteiger partial charge in [-0.3, -0.25) is 24.0 Å². The van der Waals surface area contributed by atoms with Crippen molar-refractivity contribution in [2.24, 2.45) is 10.5 Å². The van der Waals surface area contributed by atoms with Crippen LogP contribution < -0.4 is 20.8 Å². The van der Waals surface area contributed by atoms with E-state index in [4.69, 9.17) is 4.74 Å². The number of likely N-dealkylation sites (tertiary alicyclic amines) is 1. The van der Waals surface area contributed by atoms with E-state index in [0.717, 1.165) is 21.7 Å². The number of ether oxygens (including phenoxy) is 1. The minimum Gasteiger partial charge on any atom is -0.508 e. The van der Waals surface area contributed by atoms with E-state index in [1.807, 2.05) is 38.1 Å². The molecule has 4 amide bonds. The van der Waals surface area contributed by atoms with E-state index in [-0.39, 0.29) is 47.4 Å². The summed E-state index contributed by atoms with van der Waals surface area (Å²) in [6, 6.07) is 29.6. The number of hydrazone groups is 1. The van der Waals surface area contributed by atoms with Crippen molar-refractivity contribution in [1.82, 2.24) is 25.9 Å². The number of rotatable bonds is 15. The molecule has 15 nitrogen and oxygen atoms in total. The number of nitrogens with zero attached hydrogens (tertiary/aromatic N) is 3. The molecule has 17 heteroatoms. The minimum absolute atomic E-state index is 0.0542. The Hall–Kier alpha value is -7.73. The van der Waals surface area contributed by atoms with Crippen molar-refractivity contribution in [3.63, 3.8) is 0 Å². The van der Waals surface area contributed by atoms with Gasteiger partial charge in [0.25, 0.3) is 11.8 Å². The molecule has 4 unspecified atom stereocenters. The summed E-state index contributed by atoms with van der Waals surface area (Å²) < 4.78 is 6.46. The Labute approximate surface area is 417 Å². The van der Waals surface area contributed by atoms with Gasteiger partial charge in [-0.1, -0.05) is 57.2 Å². The number of aromatic nitrogens is 1. The van der Waals surface area contributed by atoms with Crippen molar-refractivity contribution in [2.45, 2.75) is 65.3 Å². The minimum atomic E-state index is -1.04. The van der Waals surface area contributed by atoms with Crippen molar-refractivity contribution in [2.75, 3.05) is 13.2 Å². The smallest absolute Gasteiger partial charge is 0.271 e. The molecule has 4 atom stereocenters. The van der Waals surface area contributed by atoms with Gasteiger partial charge in [0.15, 0.2) is 12.4 Å². The number of carbonyl (C=O) groups is 5. The molecular weight excluding hydrogens is 941 g/mol. The average Bonchev–Trinajstić information content (AvgIpc) is 4.08. The maximum atomic E-state index is 14.2. The van der Waals surface area contributed by atoms with E-state index in [1.165, 1.54) is 46.7 Å². The third-order valence-electron chi connectivity index (χ3n) is 12.1. The van der Waals surface area contributed by atoms with Crippen LogP contribution in [-0.2, 0) is 14.4 Å². The Kier molecular flexibility index (Phi) is 14.8. The summed E-state index contributed by atoms with van der Waals surface area (Å²) in [6.45, 7) is 8.74. The molecule has 0 radical (unpaired) electrons. The fraction of sp³-hybridized carbons (Fsp3) is 0.241. The lowest BCUT2D eigenvalue weighted by molar-refractivity contribution is -0.144. The lowest BCUT2D eigenvalue weighted by Gasteiger charge is -2.35. The zero-order valence-electron chi connectivity index (χ0n) is 39.5. The predicted octanol–water partition coefficient (Wildman–Crippen LogP) is 8.16. The number of amides is 4. The van der Waals surface area contributed by atoms with Crippen LogP contribution in [0.1, 0.15) is 83.3 Å². The summed E-state index contributed by atoms with van der Waals surface area (Å²) >= 11 is 2.89. The van der Waals surface area contributed by atoms with Crippen LogP contribution in [0.25, 0.3) is 31.0 Å². The van der Waals surface area contributed by atoms with Crippen molar-refractivity contribution >= 4 is 68.4 Å². The molecule has 0 spiro atoms. The van der Waals surface area contributed by atoms with Crippen molar-refractivity contribution in [3.05, 3.63) is 154 Å². The summed E-state index contributed by atoms with van der Waals surface area (Å²) in [5, 5.41) is 41.2. The molecule has 1 saturated heterocycles. The van der Waals surface area contributed by atoms with Crippen LogP contribution in [0.3, 0.4) is 0 Å². The fourth-order valence-corrected chi connectivity index (χ4v) is 10.4. The van der Waals surface area contributed by atoms with Gasteiger partial charge < -0.3 is 35.6 Å². The molecular formula is C54H52N6O9S2. The number of carbonyl (C=O) groups excluding carboxylic acids is 5. The van der Waals surface area contributed by atoms with Crippen molar-refractivity contribution in [3.8, 4) is 38.1 Å². The molecule has 5 aromatic carbocycles. The largest absolute Gasteiger partial charge is 0.508 e. The van der Waals surface area contributed by atoms with Gasteiger partial charge in [0.05, 0.1) is 34.4 Å². The number of phenolic OH excluding ortho intramolecular Hbond substituents is 2. The van der Waals surface area contributed by atoms with Crippen LogP contribution >= 0.6 is 22.7 Å². The number of hydrogen-bond donors (Lipinski definition) is 6. The van der Waals surface area contributed by atoms with Gasteiger partial charge in [-0.25, -0.2) is 10.4 Å². The van der Waals surface area contributed by atoms with E-state index >= 15 is 0 Å². The number of β-amino-alcohol motifs (C(OH)–C–C–N with tert-alkyl or cyclic N) is 1. The molecule has 364 valence electrons. The maximum Gasteiger partial charge on any atom is 0.271 e. The first-order chi connectivity index (χ1) is 33.9. The number of hydrogen-bond acceptors (Lipinski definition) is 13. The number of thiophene rings is 1. The van der Waals surface area contributed by atoms with Crippen LogP contribution in [0.5, 0.6) is 17.2 Å². The summed E-state index contributed by atoms with van der Waals surface area (Å²) in [5.41, 5.74) is 8.56. The van der Waals surface area contributed by atoms with E-state index in [9.17, 15) is 39.3 Å². The number of aliphatic hydroxyl groups is 1. The monoisotopic (exact) mass is 992 g/mol. The molecule has 7 aromatic rings. The van der Waals surface area contributed by atoms with Gasteiger partial charge in [-0.15, -0.1) is 22.7 Å². The first-order valence-electron chi connectivity index (χ1n) is 22.8. The van der Waals surface area contributed by atoms with Crippen LogP contribution in [-0.4, -0.2) is 92.2 Å². The number of ketones is 1. The van der Waals surface area contributed by atoms with Gasteiger partial charge in [0, 0.05) is 44.6 Å². The molecule has 1 fully saturated rings. The number of aromatic hydroxyl groups is 2. The molecule has 8 rings (SSSR count). The van der Waals surface area contributed by atoms with Gasteiger partial charge in [0.1, 0.15) is 29.3 Å². The fourth-order valence-electron chi connectivity index (χ4n) is 8.32. The van der Waals surface area contributed by atoms with Crippen LogP contribution in [0.2, 0.25) is 0 Å². The topological polar surface area (TPSA) is 220 Å². The number of fused-ring (bicyclic) bond motifs is 1. The van der Waals surface area contributed by atoms with E-state index in [0.29, 0.717) is 37.4 Å². The number of aryl methyl sites for hydroxylation is 1. The normalized spacial score (nSPS) is 15.6. The standard InChI is InChI=1S/C54H52N6O9S2/c1-30(33-11-13-34(14-12-33)48-31(2)55-29-70-48)57-52(67)43-24-40(63)27-60(43)53(68)50(54(3,4)5)58-45(64)28-69-41-20-9-32(10-21-41)26-56-59-51(66)37-8-6-7-36(23-37)47(65)46-42-22-19-39(62)25-44(42)71-49(46)35-15-17-38(61)18-16-35/h6-23,25-26,29-30,40,43,50,61-63H,24,27-28H2,1-5H3,(H,57,67)(H,58,64)(H,59,66). The molecule has 3 heterocycles. The number of aliphatic hydroxyl groups excluding tert-OH is 1. The third-order valence-corrected chi connectivity index (χ3v) is 14.3. The Balaban J connectivity index is 0.845. The van der Waals surface area contributed by atoms with Crippen LogP contribution in [0.15, 0.2) is 126 Å². The Bertz CT molecular complexity index is 3140. The second-order valence-corrected chi connectivity index (χ2v) is 20.3. The van der Waals surface area contributed by atoms with Crippen LogP contribution in [0.4, 0.5) is 0 Å². The maximum absolute atomic E-state index is 14.2. The molecule has 0 aliphatic carbocycles. The van der Waals surface area contributed by atoms with Crippen LogP contribution in [0, 0.1) is 12.3 Å². The van der Waals surface area contributed by atoms with E-state index in [2.05, 4.69) is 26.1 Å². The Morgan fingerprint density at radius 2 is 1.54 bits per heavy atom. The average molecular weight is 993 g/mol. The zero-order chi connectivity index (χ0) is 50.6. The first kappa shape index (κ1) is 49.7. The highest BCUT2D eigenvalue weighted by molar-refractivity contribution is 7.22. The van der Waals surface area contributed by atoms with E-state index < -0.39 is 53.8 Å². The van der Waals surface area contributed by atoms with Gasteiger partial charge in [-0.05, 0) is 120 Å². The molecule has 0 bridgehead atoms. The highest BCUT2D eigenvalue weighted by Gasteiger charge is 2.45. The van der Waals surface area contributed by atoms with Crippen molar-refractivity contribution < 1.29 is 44.0 Å². The second-order valence-electron chi connectivity index (χ2n) is 18.4. The zero-order valence-corrected chi connectivity index (χ0v) is 41.1. The van der Waals surface area contributed by atoms with Gasteiger partial charge in [0.2, 0.25) is 11.8 Å². The van der Waals surface area contributed by atoms with Gasteiger partial charge >= 0.3 is 0 Å². The Morgan fingerprint density at radius 1 is 0.859 bits per heavy atom. The van der Waals surface area contributed by atoms with Gasteiger partial charge in [-0.2, -0.15) is 5.10 Å². The van der Waals surface area contributed by atoms with Crippen molar-refractivity contribution in [1.29, 1.82) is 0 Å². The Morgan fingerprint density at radius 3 is 2.23 bits per heavy atom. The lowest BCUT2D eigenvalue weighted by Crippen LogP contribution is -2.58. The predicted molar refractivity (Wildman–Crippen MR) is 274 cm³/mol. The summed E-state index contributed by atoms with van der Waals surface area (Å²) in [7, 11) is 0. The first-order valence-corrected chi connectivity index (χ1v) is 24.5. The molecule has 2 aromatic heterocycles. The number of benzene rings is 5. The second kappa shape index (κ2) is 21.1. The number of nitrogens with one attached hydrogen (secondary N) is 3. The molecule has 71 heavy (non-hydrogen) atoms. The molecule has 6 N–H and O–H groups in total. The summed E-state index contributed by atoms with van der Waals surface area (Å²) in [4.78, 5) is 75.9. The highest BCUT2D eigenvalue weighted by atomic mass is 32.1. The molecule has 0 saturated carbocycles. The molecule has 1 aliphatic rings. The third kappa shape index (κ3) is 11.5. The summed E-state index contributed by atoms with van der Waals surface area (Å²) in [6.07, 6.45) is 0.556. The molecule has 1 aliphatic heterocycles. The SMILES string of the molecule is Cc1ncsc1-c1ccc(C(C)NC(=O)C2CC(O)CN2C(=O)C(NC(=O)COc2ccc(C=NNC(=O)c3cccc(C(=O)c4c(-c5ccc(O)cc5)sc5cc(O)ccc45)c3)cc2)C(C)(C)C)cc1. The number of thiazole rings is 1. The van der Waals surface area contributed by atoms with E-state index in [1.54, 1.807) is 104 Å². The summed E-state index contributed by atoms with van der Waals surface area (Å²) in [5.74, 6) is -1.84. The highest BCUT2D eigenvalue weighted by Crippen LogP contribution is 2.42.